The molecule has 3 unspecified atom stereocenters. The van der Waals surface area contributed by atoms with E-state index < -0.39 is 0 Å². The predicted octanol–water partition coefficient (Wildman–Crippen LogP) is 2.74. The van der Waals surface area contributed by atoms with Gasteiger partial charge in [0.1, 0.15) is 0 Å². The minimum atomic E-state index is 0.339. The van der Waals surface area contributed by atoms with Crippen LogP contribution in [0.4, 0.5) is 0 Å². The summed E-state index contributed by atoms with van der Waals surface area (Å²) in [6, 6.07) is 0.879. The van der Waals surface area contributed by atoms with E-state index in [2.05, 4.69) is 32.6 Å². The molecule has 0 spiro atoms. The molecule has 0 aromatic heterocycles. The van der Waals surface area contributed by atoms with Gasteiger partial charge in [-0.15, -0.1) is 0 Å². The molecule has 1 rings (SSSR count). The first-order valence-electron chi connectivity index (χ1n) is 7.94. The van der Waals surface area contributed by atoms with E-state index in [4.69, 9.17) is 10.5 Å². The van der Waals surface area contributed by atoms with Crippen molar-refractivity contribution < 1.29 is 4.74 Å². The van der Waals surface area contributed by atoms with Gasteiger partial charge in [0, 0.05) is 32.3 Å². The molecule has 0 radical (unpaired) electrons. The summed E-state index contributed by atoms with van der Waals surface area (Å²) in [5, 5.41) is 0. The summed E-state index contributed by atoms with van der Waals surface area (Å²) >= 11 is 0. The molecule has 0 aliphatic heterocycles. The zero-order valence-electron chi connectivity index (χ0n) is 13.6. The van der Waals surface area contributed by atoms with Gasteiger partial charge >= 0.3 is 0 Å². The lowest BCUT2D eigenvalue weighted by Gasteiger charge is -2.43. The topological polar surface area (TPSA) is 38.5 Å². The van der Waals surface area contributed by atoms with Gasteiger partial charge in [-0.25, -0.2) is 0 Å². The number of hydrogen-bond donors (Lipinski definition) is 1. The first-order valence-corrected chi connectivity index (χ1v) is 7.94. The van der Waals surface area contributed by atoms with Crippen molar-refractivity contribution in [1.82, 2.24) is 4.90 Å². The van der Waals surface area contributed by atoms with Crippen LogP contribution in [0.2, 0.25) is 0 Å². The second-order valence-electron chi connectivity index (χ2n) is 6.93. The van der Waals surface area contributed by atoms with E-state index in [0.29, 0.717) is 18.0 Å². The average Bonchev–Trinajstić information content (AvgIpc) is 2.34. The Kier molecular flexibility index (Phi) is 7.33. The summed E-state index contributed by atoms with van der Waals surface area (Å²) in [6.07, 6.45) is 3.74. The molecular formula is C16H34N2O. The minimum Gasteiger partial charge on any atom is -0.383 e. The normalized spacial score (nSPS) is 28.6. The summed E-state index contributed by atoms with van der Waals surface area (Å²) in [5.74, 6) is 2.30. The van der Waals surface area contributed by atoms with Gasteiger partial charge in [0.15, 0.2) is 0 Å². The van der Waals surface area contributed by atoms with Crippen molar-refractivity contribution in [2.75, 3.05) is 26.8 Å². The zero-order chi connectivity index (χ0) is 14.4. The fourth-order valence-corrected chi connectivity index (χ4v) is 3.30. The number of nitrogens with two attached hydrogens (primary N) is 1. The standard InChI is InChI=1S/C16H34N2O/c1-12(2)11-18(8-9-19-5)16-10-14(13(3)4)6-7-15(16)17/h12-16H,6-11,17H2,1-5H3. The molecule has 0 heterocycles. The van der Waals surface area contributed by atoms with Crippen molar-refractivity contribution >= 4 is 0 Å². The summed E-state index contributed by atoms with van der Waals surface area (Å²) in [6.45, 7) is 12.2. The Morgan fingerprint density at radius 2 is 1.89 bits per heavy atom. The Balaban J connectivity index is 2.67. The fourth-order valence-electron chi connectivity index (χ4n) is 3.30. The van der Waals surface area contributed by atoms with Gasteiger partial charge < -0.3 is 10.5 Å². The molecule has 0 aromatic carbocycles. The second-order valence-corrected chi connectivity index (χ2v) is 6.93. The first-order chi connectivity index (χ1) is 8.95. The van der Waals surface area contributed by atoms with Gasteiger partial charge in [-0.3, -0.25) is 4.90 Å². The predicted molar refractivity (Wildman–Crippen MR) is 82.2 cm³/mol. The summed E-state index contributed by atoms with van der Waals surface area (Å²) < 4.78 is 5.27. The maximum atomic E-state index is 6.41. The highest BCUT2D eigenvalue weighted by Crippen LogP contribution is 2.32. The third kappa shape index (κ3) is 5.41. The second kappa shape index (κ2) is 8.23. The smallest absolute Gasteiger partial charge is 0.0589 e. The molecule has 0 amide bonds. The highest BCUT2D eigenvalue weighted by atomic mass is 16.5. The molecule has 0 aromatic rings. The molecule has 1 aliphatic rings. The molecule has 2 N–H and O–H groups in total. The SMILES string of the molecule is COCCN(CC(C)C)C1CC(C(C)C)CCC1N. The lowest BCUT2D eigenvalue weighted by atomic mass is 9.76. The van der Waals surface area contributed by atoms with E-state index in [1.165, 1.54) is 19.3 Å². The Hall–Kier alpha value is -0.120. The molecule has 3 nitrogen and oxygen atoms in total. The maximum absolute atomic E-state index is 6.41. The van der Waals surface area contributed by atoms with Crippen molar-refractivity contribution in [3.8, 4) is 0 Å². The van der Waals surface area contributed by atoms with Crippen molar-refractivity contribution in [2.24, 2.45) is 23.5 Å². The third-order valence-corrected chi connectivity index (χ3v) is 4.50. The van der Waals surface area contributed by atoms with Crippen molar-refractivity contribution in [3.05, 3.63) is 0 Å². The highest BCUT2D eigenvalue weighted by molar-refractivity contribution is 4.90. The maximum Gasteiger partial charge on any atom is 0.0589 e. The lowest BCUT2D eigenvalue weighted by molar-refractivity contribution is 0.0609. The van der Waals surface area contributed by atoms with Crippen LogP contribution in [-0.2, 0) is 4.74 Å². The van der Waals surface area contributed by atoms with Crippen LogP contribution >= 0.6 is 0 Å². The van der Waals surface area contributed by atoms with Crippen molar-refractivity contribution in [3.63, 3.8) is 0 Å². The van der Waals surface area contributed by atoms with E-state index in [-0.39, 0.29) is 0 Å². The number of ether oxygens (including phenoxy) is 1. The van der Waals surface area contributed by atoms with Crippen LogP contribution in [0.15, 0.2) is 0 Å². The molecule has 114 valence electrons. The van der Waals surface area contributed by atoms with Gasteiger partial charge in [-0.2, -0.15) is 0 Å². The molecule has 1 aliphatic carbocycles. The lowest BCUT2D eigenvalue weighted by Crippen LogP contribution is -2.53. The van der Waals surface area contributed by atoms with E-state index in [9.17, 15) is 0 Å². The van der Waals surface area contributed by atoms with Crippen LogP contribution in [0.25, 0.3) is 0 Å². The summed E-state index contributed by atoms with van der Waals surface area (Å²) in [7, 11) is 1.78. The Morgan fingerprint density at radius 3 is 2.42 bits per heavy atom. The van der Waals surface area contributed by atoms with E-state index in [0.717, 1.165) is 31.5 Å². The van der Waals surface area contributed by atoms with Gasteiger partial charge in [-0.05, 0) is 37.0 Å². The van der Waals surface area contributed by atoms with Crippen LogP contribution in [0.3, 0.4) is 0 Å². The third-order valence-electron chi connectivity index (χ3n) is 4.50. The number of hydrogen-bond acceptors (Lipinski definition) is 3. The first kappa shape index (κ1) is 16.9. The number of nitrogens with zero attached hydrogens (tertiary/aromatic N) is 1. The van der Waals surface area contributed by atoms with Gasteiger partial charge in [0.2, 0.25) is 0 Å². The van der Waals surface area contributed by atoms with Crippen LogP contribution in [0.5, 0.6) is 0 Å². The monoisotopic (exact) mass is 270 g/mol. The molecule has 0 bridgehead atoms. The molecule has 19 heavy (non-hydrogen) atoms. The molecule has 3 heteroatoms. The van der Waals surface area contributed by atoms with Crippen molar-refractivity contribution in [2.45, 2.75) is 59.0 Å². The molecule has 3 atom stereocenters. The van der Waals surface area contributed by atoms with E-state index >= 15 is 0 Å². The van der Waals surface area contributed by atoms with Crippen molar-refractivity contribution in [1.29, 1.82) is 0 Å². The molecular weight excluding hydrogens is 236 g/mol. The van der Waals surface area contributed by atoms with Crippen LogP contribution in [0.1, 0.15) is 47.0 Å². The van der Waals surface area contributed by atoms with Gasteiger partial charge in [-0.1, -0.05) is 27.7 Å². The van der Waals surface area contributed by atoms with Crippen LogP contribution in [-0.4, -0.2) is 43.8 Å². The minimum absolute atomic E-state index is 0.339. The van der Waals surface area contributed by atoms with Crippen LogP contribution in [0, 0.1) is 17.8 Å². The summed E-state index contributed by atoms with van der Waals surface area (Å²) in [4.78, 5) is 2.58. The Bertz CT molecular complexity index is 243. The Labute approximate surface area is 119 Å². The molecule has 1 saturated carbocycles. The van der Waals surface area contributed by atoms with E-state index in [1.807, 2.05) is 0 Å². The highest BCUT2D eigenvalue weighted by Gasteiger charge is 2.33. The van der Waals surface area contributed by atoms with Crippen LogP contribution < -0.4 is 5.73 Å². The van der Waals surface area contributed by atoms with Gasteiger partial charge in [0.05, 0.1) is 6.61 Å². The van der Waals surface area contributed by atoms with E-state index in [1.54, 1.807) is 7.11 Å². The van der Waals surface area contributed by atoms with Gasteiger partial charge in [0.25, 0.3) is 0 Å². The average molecular weight is 270 g/mol. The largest absolute Gasteiger partial charge is 0.383 e. The number of methoxy groups -OCH3 is 1. The Morgan fingerprint density at radius 1 is 1.21 bits per heavy atom. The summed E-state index contributed by atoms with van der Waals surface area (Å²) in [5.41, 5.74) is 6.41. The molecule has 1 fully saturated rings. The zero-order valence-corrected chi connectivity index (χ0v) is 13.6. The molecule has 0 saturated heterocycles. The fraction of sp³-hybridized carbons (Fsp3) is 1.00. The number of rotatable bonds is 7. The quantitative estimate of drug-likeness (QED) is 0.773.